The van der Waals surface area contributed by atoms with Gasteiger partial charge in [0.05, 0.1) is 13.2 Å². The van der Waals surface area contributed by atoms with E-state index in [1.807, 2.05) is 34.6 Å². The predicted molar refractivity (Wildman–Crippen MR) is 80.8 cm³/mol. The van der Waals surface area contributed by atoms with Gasteiger partial charge in [0.15, 0.2) is 11.6 Å². The lowest BCUT2D eigenvalue weighted by Crippen LogP contribution is -2.35. The first-order valence-electron chi connectivity index (χ1n) is 7.84. The highest BCUT2D eigenvalue weighted by Crippen LogP contribution is 2.40. The number of hydrogen-bond acceptors (Lipinski definition) is 4. The molecule has 2 aliphatic rings. The van der Waals surface area contributed by atoms with Crippen molar-refractivity contribution >= 4 is 5.78 Å². The molecule has 1 aliphatic carbocycles. The van der Waals surface area contributed by atoms with Gasteiger partial charge in [-0.25, -0.2) is 0 Å². The first-order valence-corrected chi connectivity index (χ1v) is 7.84. The van der Waals surface area contributed by atoms with Crippen molar-refractivity contribution in [1.29, 1.82) is 0 Å². The number of ether oxygens (including phenoxy) is 3. The van der Waals surface area contributed by atoms with Crippen molar-refractivity contribution in [2.75, 3.05) is 13.2 Å². The molecule has 0 amide bonds. The molecule has 1 fully saturated rings. The Labute approximate surface area is 127 Å². The SMILES string of the molecule is CC(C)(C)OC1=CC(=O)C(C)(CCC2(C)OCCO2)CC1. The second-order valence-corrected chi connectivity index (χ2v) is 7.58. The van der Waals surface area contributed by atoms with Crippen molar-refractivity contribution < 1.29 is 19.0 Å². The molecule has 4 heteroatoms. The molecule has 1 unspecified atom stereocenters. The molecule has 4 nitrogen and oxygen atoms in total. The Hall–Kier alpha value is -0.870. The van der Waals surface area contributed by atoms with Crippen LogP contribution in [-0.2, 0) is 19.0 Å². The van der Waals surface area contributed by atoms with E-state index >= 15 is 0 Å². The highest BCUT2D eigenvalue weighted by atomic mass is 16.7. The van der Waals surface area contributed by atoms with E-state index in [0.717, 1.165) is 31.4 Å². The van der Waals surface area contributed by atoms with Crippen LogP contribution in [0.4, 0.5) is 0 Å². The van der Waals surface area contributed by atoms with Crippen LogP contribution in [0.25, 0.3) is 0 Å². The van der Waals surface area contributed by atoms with Crippen LogP contribution in [-0.4, -0.2) is 30.4 Å². The molecule has 0 aromatic rings. The third-order valence-corrected chi connectivity index (χ3v) is 4.28. The summed E-state index contributed by atoms with van der Waals surface area (Å²) in [6.45, 7) is 11.3. The van der Waals surface area contributed by atoms with Crippen molar-refractivity contribution in [1.82, 2.24) is 0 Å². The van der Waals surface area contributed by atoms with E-state index in [2.05, 4.69) is 0 Å². The summed E-state index contributed by atoms with van der Waals surface area (Å²) in [6, 6.07) is 0. The van der Waals surface area contributed by atoms with Crippen LogP contribution in [0.5, 0.6) is 0 Å². The van der Waals surface area contributed by atoms with Crippen LogP contribution < -0.4 is 0 Å². The average molecular weight is 296 g/mol. The van der Waals surface area contributed by atoms with E-state index in [9.17, 15) is 4.79 Å². The van der Waals surface area contributed by atoms with Crippen LogP contribution in [0.15, 0.2) is 11.8 Å². The van der Waals surface area contributed by atoms with E-state index in [-0.39, 0.29) is 16.8 Å². The smallest absolute Gasteiger partial charge is 0.165 e. The summed E-state index contributed by atoms with van der Waals surface area (Å²) in [6.07, 6.45) is 4.86. The molecule has 0 saturated carbocycles. The molecule has 2 rings (SSSR count). The monoisotopic (exact) mass is 296 g/mol. The Morgan fingerprint density at radius 3 is 2.33 bits per heavy atom. The Bertz CT molecular complexity index is 427. The summed E-state index contributed by atoms with van der Waals surface area (Å²) >= 11 is 0. The lowest BCUT2D eigenvalue weighted by atomic mass is 9.73. The topological polar surface area (TPSA) is 44.8 Å². The zero-order valence-electron chi connectivity index (χ0n) is 14.0. The van der Waals surface area contributed by atoms with Gasteiger partial charge in [-0.15, -0.1) is 0 Å². The normalized spacial score (nSPS) is 29.4. The standard InChI is InChI=1S/C17H28O4/c1-15(2,3)21-13-6-7-16(4,14(18)12-13)8-9-17(5)19-10-11-20-17/h12H,6-11H2,1-5H3. The van der Waals surface area contributed by atoms with Gasteiger partial charge in [-0.2, -0.15) is 0 Å². The third-order valence-electron chi connectivity index (χ3n) is 4.28. The molecule has 0 bridgehead atoms. The second-order valence-electron chi connectivity index (χ2n) is 7.58. The van der Waals surface area contributed by atoms with Crippen LogP contribution in [0.3, 0.4) is 0 Å². The van der Waals surface area contributed by atoms with Gasteiger partial charge >= 0.3 is 0 Å². The summed E-state index contributed by atoms with van der Waals surface area (Å²) in [5, 5.41) is 0. The molecule has 0 radical (unpaired) electrons. The summed E-state index contributed by atoms with van der Waals surface area (Å²) in [4.78, 5) is 12.5. The van der Waals surface area contributed by atoms with Gasteiger partial charge in [0.25, 0.3) is 0 Å². The van der Waals surface area contributed by atoms with Crippen molar-refractivity contribution in [3.05, 3.63) is 11.8 Å². The molecule has 21 heavy (non-hydrogen) atoms. The predicted octanol–water partition coefficient (Wildman–Crippen LogP) is 3.60. The molecule has 1 heterocycles. The first kappa shape index (κ1) is 16.5. The largest absolute Gasteiger partial charge is 0.492 e. The minimum Gasteiger partial charge on any atom is -0.492 e. The number of carbonyl (C=O) groups excluding carboxylic acids is 1. The lowest BCUT2D eigenvalue weighted by Gasteiger charge is -2.35. The number of hydrogen-bond donors (Lipinski definition) is 0. The summed E-state index contributed by atoms with van der Waals surface area (Å²) in [5.41, 5.74) is -0.581. The van der Waals surface area contributed by atoms with Crippen LogP contribution in [0.1, 0.15) is 60.3 Å². The van der Waals surface area contributed by atoms with Gasteiger partial charge < -0.3 is 14.2 Å². The van der Waals surface area contributed by atoms with Crippen molar-refractivity contribution in [2.24, 2.45) is 5.41 Å². The summed E-state index contributed by atoms with van der Waals surface area (Å²) in [5.74, 6) is 0.453. The number of ketones is 1. The van der Waals surface area contributed by atoms with E-state index in [1.54, 1.807) is 6.08 Å². The molecular formula is C17H28O4. The summed E-state index contributed by atoms with van der Waals surface area (Å²) in [7, 11) is 0. The zero-order valence-corrected chi connectivity index (χ0v) is 14.0. The van der Waals surface area contributed by atoms with Crippen molar-refractivity contribution in [3.63, 3.8) is 0 Å². The molecule has 1 atom stereocenters. The third kappa shape index (κ3) is 4.30. The van der Waals surface area contributed by atoms with Gasteiger partial charge in [0, 0.05) is 24.3 Å². The maximum absolute atomic E-state index is 12.5. The maximum atomic E-state index is 12.5. The first-order chi connectivity index (χ1) is 9.62. The van der Waals surface area contributed by atoms with Gasteiger partial charge in [-0.05, 0) is 40.5 Å². The van der Waals surface area contributed by atoms with Gasteiger partial charge in [-0.1, -0.05) is 6.92 Å². The minimum absolute atomic E-state index is 0.162. The molecule has 0 aromatic heterocycles. The van der Waals surface area contributed by atoms with Crippen LogP contribution in [0, 0.1) is 5.41 Å². The molecule has 0 N–H and O–H groups in total. The molecule has 0 spiro atoms. The van der Waals surface area contributed by atoms with E-state index in [4.69, 9.17) is 14.2 Å². The molecule has 1 aliphatic heterocycles. The fraction of sp³-hybridized carbons (Fsp3) is 0.824. The van der Waals surface area contributed by atoms with E-state index < -0.39 is 5.79 Å². The minimum atomic E-state index is -0.519. The number of rotatable bonds is 4. The highest BCUT2D eigenvalue weighted by molar-refractivity contribution is 5.95. The fourth-order valence-electron chi connectivity index (χ4n) is 2.84. The highest BCUT2D eigenvalue weighted by Gasteiger charge is 2.40. The maximum Gasteiger partial charge on any atom is 0.165 e. The van der Waals surface area contributed by atoms with Crippen molar-refractivity contribution in [2.45, 2.75) is 71.7 Å². The Balaban J connectivity index is 1.96. The van der Waals surface area contributed by atoms with Crippen LogP contribution >= 0.6 is 0 Å². The van der Waals surface area contributed by atoms with Crippen LogP contribution in [0.2, 0.25) is 0 Å². The number of allylic oxidation sites excluding steroid dienone is 2. The lowest BCUT2D eigenvalue weighted by molar-refractivity contribution is -0.154. The van der Waals surface area contributed by atoms with Gasteiger partial charge in [0.1, 0.15) is 11.4 Å². The van der Waals surface area contributed by atoms with E-state index in [0.29, 0.717) is 13.2 Å². The molecule has 120 valence electrons. The van der Waals surface area contributed by atoms with Gasteiger partial charge in [0.2, 0.25) is 0 Å². The Morgan fingerprint density at radius 2 is 1.81 bits per heavy atom. The van der Waals surface area contributed by atoms with Crippen molar-refractivity contribution in [3.8, 4) is 0 Å². The number of carbonyl (C=O) groups is 1. The quantitative estimate of drug-likeness (QED) is 0.795. The second kappa shape index (κ2) is 5.73. The molecular weight excluding hydrogens is 268 g/mol. The fourth-order valence-corrected chi connectivity index (χ4v) is 2.84. The Kier molecular flexibility index (Phi) is 4.50. The average Bonchev–Trinajstić information content (AvgIpc) is 2.78. The zero-order chi connectivity index (χ0) is 15.7. The summed E-state index contributed by atoms with van der Waals surface area (Å²) < 4.78 is 17.1. The van der Waals surface area contributed by atoms with Gasteiger partial charge in [-0.3, -0.25) is 4.79 Å². The molecule has 1 saturated heterocycles. The van der Waals surface area contributed by atoms with E-state index in [1.165, 1.54) is 0 Å². The Morgan fingerprint density at radius 1 is 1.19 bits per heavy atom. The molecule has 0 aromatic carbocycles.